The van der Waals surface area contributed by atoms with Crippen molar-refractivity contribution < 1.29 is 9.59 Å². The summed E-state index contributed by atoms with van der Waals surface area (Å²) in [7, 11) is 0. The lowest BCUT2D eigenvalue weighted by Gasteiger charge is -2.18. The first-order chi connectivity index (χ1) is 13.5. The lowest BCUT2D eigenvalue weighted by atomic mass is 10.0. The molecule has 0 radical (unpaired) electrons. The molecule has 0 atom stereocenters. The van der Waals surface area contributed by atoms with E-state index in [0.717, 1.165) is 28.8 Å². The smallest absolute Gasteiger partial charge is 0.259 e. The number of benzene rings is 2. The topological polar surface area (TPSA) is 62.3 Å². The van der Waals surface area contributed by atoms with Crippen LogP contribution in [-0.2, 0) is 6.42 Å². The minimum atomic E-state index is -0.149. The Morgan fingerprint density at radius 2 is 1.93 bits per heavy atom. The Balaban J connectivity index is 1.59. The summed E-state index contributed by atoms with van der Waals surface area (Å²) < 4.78 is 0. The summed E-state index contributed by atoms with van der Waals surface area (Å²) in [5.74, 6) is -0.228. The van der Waals surface area contributed by atoms with Gasteiger partial charge in [-0.2, -0.15) is 0 Å². The van der Waals surface area contributed by atoms with Gasteiger partial charge in [-0.05, 0) is 61.7 Å². The molecule has 0 saturated heterocycles. The predicted molar refractivity (Wildman–Crippen MR) is 110 cm³/mol. The van der Waals surface area contributed by atoms with Gasteiger partial charge in [0.15, 0.2) is 0 Å². The van der Waals surface area contributed by atoms with Gasteiger partial charge in [-0.3, -0.25) is 14.6 Å². The van der Waals surface area contributed by atoms with Crippen LogP contribution in [0.2, 0.25) is 0 Å². The van der Waals surface area contributed by atoms with E-state index in [-0.39, 0.29) is 11.8 Å². The number of hydrogen-bond donors (Lipinski definition) is 1. The van der Waals surface area contributed by atoms with Crippen LogP contribution in [0.15, 0.2) is 60.9 Å². The number of amides is 2. The van der Waals surface area contributed by atoms with Crippen LogP contribution in [0.4, 0.5) is 11.4 Å². The molecule has 28 heavy (non-hydrogen) atoms. The standard InChI is InChI=1S/C23H21N3O2/c1-15-5-6-16(2)20(12-15)22(27)25-19-8-7-17-9-11-26(21(17)13-19)23(28)18-4-3-10-24-14-18/h3-8,10,12-14H,9,11H2,1-2H3,(H,25,27). The SMILES string of the molecule is Cc1ccc(C)c(C(=O)Nc2ccc3c(c2)N(C(=O)c2cccnc2)CC3)c1. The van der Waals surface area contributed by atoms with Gasteiger partial charge in [0.2, 0.25) is 0 Å². The summed E-state index contributed by atoms with van der Waals surface area (Å²) in [5, 5.41) is 2.97. The Bertz CT molecular complexity index is 1060. The van der Waals surface area contributed by atoms with Crippen LogP contribution in [0, 0.1) is 13.8 Å². The van der Waals surface area contributed by atoms with Gasteiger partial charge in [0.05, 0.1) is 5.56 Å². The number of fused-ring (bicyclic) bond motifs is 1. The lowest BCUT2D eigenvalue weighted by molar-refractivity contribution is 0.0987. The molecule has 0 spiro atoms. The van der Waals surface area contributed by atoms with Crippen LogP contribution in [0.1, 0.15) is 37.4 Å². The van der Waals surface area contributed by atoms with Crippen LogP contribution in [0.25, 0.3) is 0 Å². The maximum atomic E-state index is 12.8. The molecule has 2 amide bonds. The maximum absolute atomic E-state index is 12.8. The highest BCUT2D eigenvalue weighted by Gasteiger charge is 2.26. The van der Waals surface area contributed by atoms with Gasteiger partial charge >= 0.3 is 0 Å². The largest absolute Gasteiger partial charge is 0.322 e. The first kappa shape index (κ1) is 17.9. The summed E-state index contributed by atoms with van der Waals surface area (Å²) in [6.07, 6.45) is 4.02. The first-order valence-corrected chi connectivity index (χ1v) is 9.26. The van der Waals surface area contributed by atoms with Crippen molar-refractivity contribution in [2.24, 2.45) is 0 Å². The van der Waals surface area contributed by atoms with E-state index >= 15 is 0 Å². The number of nitrogens with one attached hydrogen (secondary N) is 1. The molecule has 1 N–H and O–H groups in total. The minimum Gasteiger partial charge on any atom is -0.322 e. The quantitative estimate of drug-likeness (QED) is 0.752. The number of aromatic nitrogens is 1. The van der Waals surface area contributed by atoms with Crippen molar-refractivity contribution >= 4 is 23.2 Å². The van der Waals surface area contributed by atoms with Gasteiger partial charge in [0.25, 0.3) is 11.8 Å². The van der Waals surface area contributed by atoms with Gasteiger partial charge in [0, 0.05) is 35.9 Å². The third kappa shape index (κ3) is 3.39. The second-order valence-corrected chi connectivity index (χ2v) is 7.06. The number of rotatable bonds is 3. The normalized spacial score (nSPS) is 12.6. The fourth-order valence-corrected chi connectivity index (χ4v) is 3.49. The summed E-state index contributed by atoms with van der Waals surface area (Å²) in [6, 6.07) is 15.1. The number of carbonyl (C=O) groups is 2. The molecule has 0 aliphatic carbocycles. The van der Waals surface area contributed by atoms with E-state index in [1.807, 2.05) is 50.2 Å². The summed E-state index contributed by atoms with van der Waals surface area (Å²) >= 11 is 0. The Morgan fingerprint density at radius 1 is 1.07 bits per heavy atom. The molecule has 0 bridgehead atoms. The number of anilines is 2. The molecule has 5 nitrogen and oxygen atoms in total. The number of pyridine rings is 1. The van der Waals surface area contributed by atoms with Crippen molar-refractivity contribution in [3.63, 3.8) is 0 Å². The summed E-state index contributed by atoms with van der Waals surface area (Å²) in [6.45, 7) is 4.51. The summed E-state index contributed by atoms with van der Waals surface area (Å²) in [5.41, 5.74) is 5.80. The summed E-state index contributed by atoms with van der Waals surface area (Å²) in [4.78, 5) is 31.4. The number of carbonyl (C=O) groups excluding carboxylic acids is 2. The van der Waals surface area contributed by atoms with Gasteiger partial charge < -0.3 is 10.2 Å². The highest BCUT2D eigenvalue weighted by Crippen LogP contribution is 2.32. The molecule has 1 aliphatic heterocycles. The van der Waals surface area contributed by atoms with Crippen LogP contribution in [0.5, 0.6) is 0 Å². The molecule has 1 aliphatic rings. The molecular formula is C23H21N3O2. The van der Waals surface area contributed by atoms with E-state index in [4.69, 9.17) is 0 Å². The van der Waals surface area contributed by atoms with Crippen LogP contribution < -0.4 is 10.2 Å². The second-order valence-electron chi connectivity index (χ2n) is 7.06. The minimum absolute atomic E-state index is 0.0788. The number of hydrogen-bond acceptors (Lipinski definition) is 3. The molecule has 1 aromatic heterocycles. The highest BCUT2D eigenvalue weighted by molar-refractivity contribution is 6.08. The maximum Gasteiger partial charge on any atom is 0.259 e. The average Bonchev–Trinajstić information content (AvgIpc) is 3.13. The van der Waals surface area contributed by atoms with Crippen molar-refractivity contribution in [1.29, 1.82) is 0 Å². The molecule has 0 saturated carbocycles. The van der Waals surface area contributed by atoms with E-state index in [9.17, 15) is 9.59 Å². The van der Waals surface area contributed by atoms with E-state index in [1.165, 1.54) is 0 Å². The third-order valence-electron chi connectivity index (χ3n) is 5.03. The fourth-order valence-electron chi connectivity index (χ4n) is 3.49. The monoisotopic (exact) mass is 371 g/mol. The van der Waals surface area contributed by atoms with Gasteiger partial charge in [-0.25, -0.2) is 0 Å². The zero-order valence-corrected chi connectivity index (χ0v) is 15.9. The molecule has 2 aromatic carbocycles. The van der Waals surface area contributed by atoms with Crippen LogP contribution in [0.3, 0.4) is 0 Å². The Labute approximate surface area is 164 Å². The van der Waals surface area contributed by atoms with Crippen molar-refractivity contribution in [2.75, 3.05) is 16.8 Å². The fraction of sp³-hybridized carbons (Fsp3) is 0.174. The average molecular weight is 371 g/mol. The van der Waals surface area contributed by atoms with Gasteiger partial charge in [-0.15, -0.1) is 0 Å². The third-order valence-corrected chi connectivity index (χ3v) is 5.03. The first-order valence-electron chi connectivity index (χ1n) is 9.26. The van der Waals surface area contributed by atoms with Gasteiger partial charge in [-0.1, -0.05) is 23.8 Å². The molecule has 2 heterocycles. The second kappa shape index (κ2) is 7.27. The zero-order chi connectivity index (χ0) is 19.7. The van der Waals surface area contributed by atoms with E-state index in [2.05, 4.69) is 10.3 Å². The number of nitrogens with zero attached hydrogens (tertiary/aromatic N) is 2. The van der Waals surface area contributed by atoms with Crippen molar-refractivity contribution in [3.8, 4) is 0 Å². The zero-order valence-electron chi connectivity index (χ0n) is 15.9. The molecule has 140 valence electrons. The molecule has 4 rings (SSSR count). The Kier molecular flexibility index (Phi) is 4.65. The highest BCUT2D eigenvalue weighted by atomic mass is 16.2. The van der Waals surface area contributed by atoms with Crippen LogP contribution in [-0.4, -0.2) is 23.3 Å². The molecule has 0 unspecified atom stereocenters. The van der Waals surface area contributed by atoms with E-state index < -0.39 is 0 Å². The van der Waals surface area contributed by atoms with Crippen LogP contribution >= 0.6 is 0 Å². The van der Waals surface area contributed by atoms with Crippen molar-refractivity contribution in [1.82, 2.24) is 4.98 Å². The van der Waals surface area contributed by atoms with E-state index in [0.29, 0.717) is 23.4 Å². The van der Waals surface area contributed by atoms with Crippen molar-refractivity contribution in [3.05, 3.63) is 88.7 Å². The molecule has 0 fully saturated rings. The molecule has 5 heteroatoms. The predicted octanol–water partition coefficient (Wildman–Crippen LogP) is 4.15. The number of aryl methyl sites for hydroxylation is 2. The lowest BCUT2D eigenvalue weighted by Crippen LogP contribution is -2.29. The molecule has 3 aromatic rings. The Hall–Kier alpha value is -3.47. The molecular weight excluding hydrogens is 350 g/mol. The van der Waals surface area contributed by atoms with E-state index in [1.54, 1.807) is 29.4 Å². The Morgan fingerprint density at radius 3 is 2.71 bits per heavy atom. The van der Waals surface area contributed by atoms with Gasteiger partial charge in [0.1, 0.15) is 0 Å². The van der Waals surface area contributed by atoms with Crippen molar-refractivity contribution in [2.45, 2.75) is 20.3 Å².